The number of aromatic nitrogens is 3. The summed E-state index contributed by atoms with van der Waals surface area (Å²) >= 11 is 0. The molecule has 0 radical (unpaired) electrons. The van der Waals surface area contributed by atoms with Crippen LogP contribution in [0.3, 0.4) is 0 Å². The highest BCUT2D eigenvalue weighted by Crippen LogP contribution is 2.30. The number of H-pyrrole nitrogens is 1. The zero-order valence-corrected chi connectivity index (χ0v) is 8.75. The van der Waals surface area contributed by atoms with Crippen molar-refractivity contribution in [3.8, 4) is 11.4 Å². The van der Waals surface area contributed by atoms with Crippen molar-refractivity contribution in [2.45, 2.75) is 6.18 Å². The number of halogens is 3. The molecule has 2 heterocycles. The normalized spacial score (nSPS) is 11.8. The molecule has 0 aromatic carbocycles. The Morgan fingerprint density at radius 3 is 2.59 bits per heavy atom. The van der Waals surface area contributed by atoms with Gasteiger partial charge in [-0.15, -0.1) is 0 Å². The fraction of sp³-hybridized carbons (Fsp3) is 0.200. The lowest BCUT2D eigenvalue weighted by molar-refractivity contribution is -0.141. The zero-order valence-electron chi connectivity index (χ0n) is 8.75. The van der Waals surface area contributed by atoms with Gasteiger partial charge in [-0.05, 0) is 12.1 Å². The minimum absolute atomic E-state index is 0.204. The van der Waals surface area contributed by atoms with Crippen LogP contribution in [-0.2, 0) is 13.2 Å². The van der Waals surface area contributed by atoms with Gasteiger partial charge in [0.05, 0.1) is 11.4 Å². The molecule has 0 saturated carbocycles. The van der Waals surface area contributed by atoms with Crippen molar-refractivity contribution >= 4 is 0 Å². The Balaban J connectivity index is 2.54. The van der Waals surface area contributed by atoms with E-state index in [9.17, 15) is 18.0 Å². The molecule has 0 atom stereocenters. The predicted molar refractivity (Wildman–Crippen MR) is 54.3 cm³/mol. The molecule has 1 N–H and O–H groups in total. The second-order valence-electron chi connectivity index (χ2n) is 3.46. The molecular weight excluding hydrogens is 235 g/mol. The summed E-state index contributed by atoms with van der Waals surface area (Å²) in [7, 11) is 1.38. The molecular formula is C10H8F3N3O. The first-order valence-corrected chi connectivity index (χ1v) is 4.69. The molecule has 0 saturated heterocycles. The average Bonchev–Trinajstić information content (AvgIpc) is 2.60. The summed E-state index contributed by atoms with van der Waals surface area (Å²) in [5.74, 6) is 0. The second-order valence-corrected chi connectivity index (χ2v) is 3.46. The summed E-state index contributed by atoms with van der Waals surface area (Å²) in [6.07, 6.45) is -4.49. The molecule has 0 spiro atoms. The summed E-state index contributed by atoms with van der Waals surface area (Å²) in [6, 6.07) is 5.16. The van der Waals surface area contributed by atoms with Gasteiger partial charge in [-0.1, -0.05) is 6.07 Å². The van der Waals surface area contributed by atoms with Crippen LogP contribution in [0.4, 0.5) is 13.2 Å². The van der Waals surface area contributed by atoms with E-state index in [1.807, 2.05) is 0 Å². The van der Waals surface area contributed by atoms with Crippen molar-refractivity contribution in [1.29, 1.82) is 0 Å². The first-order chi connectivity index (χ1) is 7.88. The number of nitrogens with zero attached hydrogens (tertiary/aromatic N) is 2. The van der Waals surface area contributed by atoms with Gasteiger partial charge in [-0.25, -0.2) is 0 Å². The topological polar surface area (TPSA) is 50.7 Å². The van der Waals surface area contributed by atoms with Crippen molar-refractivity contribution in [2.24, 2.45) is 7.05 Å². The standard InChI is InChI=1S/C10H8F3N3O/c1-16-7(5-8(15-16)10(11,12)13)6-3-2-4-9(17)14-6/h2-5H,1H3,(H,14,17). The quantitative estimate of drug-likeness (QED) is 0.830. The van der Waals surface area contributed by atoms with E-state index in [2.05, 4.69) is 10.1 Å². The van der Waals surface area contributed by atoms with Crippen LogP contribution in [0.1, 0.15) is 5.69 Å². The Morgan fingerprint density at radius 2 is 2.06 bits per heavy atom. The minimum atomic E-state index is -4.49. The number of hydrogen-bond donors (Lipinski definition) is 1. The Kier molecular flexibility index (Phi) is 2.53. The molecule has 0 amide bonds. The van der Waals surface area contributed by atoms with E-state index in [-0.39, 0.29) is 11.3 Å². The molecule has 17 heavy (non-hydrogen) atoms. The van der Waals surface area contributed by atoms with Gasteiger partial charge in [0.2, 0.25) is 5.56 Å². The smallest absolute Gasteiger partial charge is 0.321 e. The van der Waals surface area contributed by atoms with Gasteiger partial charge < -0.3 is 4.98 Å². The Bertz CT molecular complexity index is 597. The molecule has 0 aliphatic heterocycles. The predicted octanol–water partition coefficient (Wildman–Crippen LogP) is 1.79. The Hall–Kier alpha value is -2.05. The molecule has 0 aliphatic carbocycles. The van der Waals surface area contributed by atoms with Crippen molar-refractivity contribution in [3.05, 3.63) is 40.3 Å². The van der Waals surface area contributed by atoms with E-state index in [4.69, 9.17) is 0 Å². The highest BCUT2D eigenvalue weighted by atomic mass is 19.4. The average molecular weight is 243 g/mol. The monoisotopic (exact) mass is 243 g/mol. The van der Waals surface area contributed by atoms with E-state index in [0.717, 1.165) is 10.7 Å². The third kappa shape index (κ3) is 2.22. The van der Waals surface area contributed by atoms with Gasteiger partial charge in [0.25, 0.3) is 0 Å². The summed E-state index contributed by atoms with van der Waals surface area (Å²) in [5, 5.41) is 3.36. The molecule has 0 bridgehead atoms. The van der Waals surface area contributed by atoms with E-state index in [0.29, 0.717) is 5.69 Å². The second kappa shape index (κ2) is 3.76. The SMILES string of the molecule is Cn1nc(C(F)(F)F)cc1-c1cccc(=O)[nH]1. The third-order valence-electron chi connectivity index (χ3n) is 2.21. The maximum Gasteiger partial charge on any atom is 0.435 e. The number of nitrogens with one attached hydrogen (secondary N) is 1. The molecule has 7 heteroatoms. The lowest BCUT2D eigenvalue weighted by atomic mass is 10.2. The van der Waals surface area contributed by atoms with Crippen LogP contribution in [0.25, 0.3) is 11.4 Å². The van der Waals surface area contributed by atoms with Crippen LogP contribution >= 0.6 is 0 Å². The number of hydrogen-bond acceptors (Lipinski definition) is 2. The van der Waals surface area contributed by atoms with Gasteiger partial charge in [0, 0.05) is 13.1 Å². The highest BCUT2D eigenvalue weighted by Gasteiger charge is 2.34. The third-order valence-corrected chi connectivity index (χ3v) is 2.21. The molecule has 0 aliphatic rings. The molecule has 0 unspecified atom stereocenters. The van der Waals surface area contributed by atoms with Gasteiger partial charge in [-0.3, -0.25) is 9.48 Å². The lowest BCUT2D eigenvalue weighted by Crippen LogP contribution is -2.06. The molecule has 2 aromatic heterocycles. The minimum Gasteiger partial charge on any atom is -0.321 e. The van der Waals surface area contributed by atoms with E-state index >= 15 is 0 Å². The maximum absolute atomic E-state index is 12.4. The Labute approximate surface area is 93.7 Å². The number of aryl methyl sites for hydroxylation is 1. The fourth-order valence-electron chi connectivity index (χ4n) is 1.46. The lowest BCUT2D eigenvalue weighted by Gasteiger charge is -1.99. The summed E-state index contributed by atoms with van der Waals surface area (Å²) < 4.78 is 38.4. The van der Waals surface area contributed by atoms with Gasteiger partial charge >= 0.3 is 6.18 Å². The molecule has 4 nitrogen and oxygen atoms in total. The number of aromatic amines is 1. The fourth-order valence-corrected chi connectivity index (χ4v) is 1.46. The Morgan fingerprint density at radius 1 is 1.35 bits per heavy atom. The number of pyridine rings is 1. The van der Waals surface area contributed by atoms with Crippen LogP contribution in [0.15, 0.2) is 29.1 Å². The van der Waals surface area contributed by atoms with Crippen LogP contribution in [0, 0.1) is 0 Å². The summed E-state index contributed by atoms with van der Waals surface area (Å²) in [4.78, 5) is 13.5. The van der Waals surface area contributed by atoms with Crippen LogP contribution in [0.2, 0.25) is 0 Å². The summed E-state index contributed by atoms with van der Waals surface area (Å²) in [6.45, 7) is 0. The van der Waals surface area contributed by atoms with Crippen LogP contribution in [0.5, 0.6) is 0 Å². The molecule has 2 aromatic rings. The van der Waals surface area contributed by atoms with Crippen molar-refractivity contribution in [1.82, 2.24) is 14.8 Å². The van der Waals surface area contributed by atoms with Crippen molar-refractivity contribution in [2.75, 3.05) is 0 Å². The maximum atomic E-state index is 12.4. The first kappa shape index (κ1) is 11.4. The summed E-state index contributed by atoms with van der Waals surface area (Å²) in [5.41, 5.74) is -0.866. The van der Waals surface area contributed by atoms with E-state index in [1.54, 1.807) is 0 Å². The van der Waals surface area contributed by atoms with Gasteiger partial charge in [0.15, 0.2) is 5.69 Å². The molecule has 90 valence electrons. The van der Waals surface area contributed by atoms with Gasteiger partial charge in [0.1, 0.15) is 0 Å². The molecule has 0 fully saturated rings. The van der Waals surface area contributed by atoms with Crippen LogP contribution in [-0.4, -0.2) is 14.8 Å². The number of rotatable bonds is 1. The molecule has 2 rings (SSSR count). The highest BCUT2D eigenvalue weighted by molar-refractivity contribution is 5.54. The van der Waals surface area contributed by atoms with Crippen molar-refractivity contribution < 1.29 is 13.2 Å². The first-order valence-electron chi connectivity index (χ1n) is 4.69. The van der Waals surface area contributed by atoms with Gasteiger partial charge in [-0.2, -0.15) is 18.3 Å². The number of alkyl halides is 3. The largest absolute Gasteiger partial charge is 0.435 e. The van der Waals surface area contributed by atoms with E-state index in [1.165, 1.54) is 25.2 Å². The zero-order chi connectivity index (χ0) is 12.6. The van der Waals surface area contributed by atoms with E-state index < -0.39 is 11.9 Å². The van der Waals surface area contributed by atoms with Crippen LogP contribution < -0.4 is 5.56 Å². The van der Waals surface area contributed by atoms with Crippen molar-refractivity contribution in [3.63, 3.8) is 0 Å².